The second-order valence-corrected chi connectivity index (χ2v) is 6.08. The lowest BCUT2D eigenvalue weighted by atomic mass is 10.0. The van der Waals surface area contributed by atoms with Gasteiger partial charge in [0.1, 0.15) is 11.9 Å². The quantitative estimate of drug-likeness (QED) is 0.836. The lowest BCUT2D eigenvalue weighted by Gasteiger charge is -2.27. The number of benzene rings is 1. The van der Waals surface area contributed by atoms with Gasteiger partial charge in [-0.25, -0.2) is 4.39 Å². The molecular weight excluding hydrogens is 331 g/mol. The van der Waals surface area contributed by atoms with E-state index in [4.69, 9.17) is 16.3 Å². The lowest BCUT2D eigenvalue weighted by Crippen LogP contribution is -2.30. The zero-order valence-electron chi connectivity index (χ0n) is 8.83. The van der Waals surface area contributed by atoms with Crippen LogP contribution in [0.4, 0.5) is 4.39 Å². The third-order valence-corrected chi connectivity index (χ3v) is 4.86. The van der Waals surface area contributed by atoms with E-state index in [2.05, 4.69) is 15.9 Å². The van der Waals surface area contributed by atoms with Crippen molar-refractivity contribution in [2.24, 2.45) is 0 Å². The molecular formula is C11H11BrClFO2S. The molecule has 1 N–H and O–H groups in total. The SMILES string of the molecule is OC(c1ccc(Br)c(Cl)c1F)C1CSCCO1. The van der Waals surface area contributed by atoms with Crippen molar-refractivity contribution in [3.8, 4) is 0 Å². The molecule has 2 nitrogen and oxygen atoms in total. The van der Waals surface area contributed by atoms with E-state index in [9.17, 15) is 9.50 Å². The van der Waals surface area contributed by atoms with E-state index in [0.29, 0.717) is 16.8 Å². The highest BCUT2D eigenvalue weighted by molar-refractivity contribution is 9.10. The minimum atomic E-state index is -0.978. The van der Waals surface area contributed by atoms with Gasteiger partial charge in [-0.05, 0) is 22.0 Å². The first-order valence-corrected chi connectivity index (χ1v) is 7.44. The first kappa shape index (κ1) is 13.6. The van der Waals surface area contributed by atoms with Crippen molar-refractivity contribution >= 4 is 39.3 Å². The zero-order chi connectivity index (χ0) is 12.4. The molecule has 1 heterocycles. The van der Waals surface area contributed by atoms with Crippen molar-refractivity contribution in [1.82, 2.24) is 0 Å². The fraction of sp³-hybridized carbons (Fsp3) is 0.455. The second-order valence-electron chi connectivity index (χ2n) is 3.69. The third kappa shape index (κ3) is 2.96. The number of hydrogen-bond donors (Lipinski definition) is 1. The third-order valence-electron chi connectivity index (χ3n) is 2.58. The number of aliphatic hydroxyl groups is 1. The summed E-state index contributed by atoms with van der Waals surface area (Å²) in [4.78, 5) is 0. The number of rotatable bonds is 2. The molecule has 6 heteroatoms. The monoisotopic (exact) mass is 340 g/mol. The van der Waals surface area contributed by atoms with Crippen LogP contribution in [0.15, 0.2) is 16.6 Å². The van der Waals surface area contributed by atoms with Crippen LogP contribution >= 0.6 is 39.3 Å². The van der Waals surface area contributed by atoms with Gasteiger partial charge in [0.25, 0.3) is 0 Å². The van der Waals surface area contributed by atoms with Crippen LogP contribution in [0.2, 0.25) is 5.02 Å². The number of ether oxygens (including phenoxy) is 1. The predicted molar refractivity (Wildman–Crippen MR) is 71.1 cm³/mol. The van der Waals surface area contributed by atoms with E-state index in [1.54, 1.807) is 17.8 Å². The number of aliphatic hydroxyl groups excluding tert-OH is 1. The maximum absolute atomic E-state index is 13.9. The van der Waals surface area contributed by atoms with E-state index >= 15 is 0 Å². The van der Waals surface area contributed by atoms with Crippen LogP contribution in [-0.4, -0.2) is 29.3 Å². The molecule has 0 saturated carbocycles. The zero-order valence-corrected chi connectivity index (χ0v) is 12.0. The van der Waals surface area contributed by atoms with Crippen molar-refractivity contribution in [1.29, 1.82) is 0 Å². The molecule has 2 unspecified atom stereocenters. The molecule has 1 aromatic carbocycles. The summed E-state index contributed by atoms with van der Waals surface area (Å²) < 4.78 is 19.8. The Hall–Kier alpha value is 0.190. The predicted octanol–water partition coefficient (Wildman–Crippen LogP) is 3.41. The molecule has 1 saturated heterocycles. The van der Waals surface area contributed by atoms with E-state index in [1.165, 1.54) is 6.07 Å². The van der Waals surface area contributed by atoms with Crippen LogP contribution in [-0.2, 0) is 4.74 Å². The van der Waals surface area contributed by atoms with Gasteiger partial charge in [0.15, 0.2) is 0 Å². The Morgan fingerprint density at radius 2 is 2.35 bits per heavy atom. The van der Waals surface area contributed by atoms with Crippen molar-refractivity contribution < 1.29 is 14.2 Å². The molecule has 0 aromatic heterocycles. The Morgan fingerprint density at radius 3 is 3.00 bits per heavy atom. The molecule has 0 bridgehead atoms. The molecule has 17 heavy (non-hydrogen) atoms. The normalized spacial score (nSPS) is 22.5. The molecule has 0 amide bonds. The summed E-state index contributed by atoms with van der Waals surface area (Å²) >= 11 is 10.6. The van der Waals surface area contributed by atoms with Crippen LogP contribution < -0.4 is 0 Å². The molecule has 94 valence electrons. The highest BCUT2D eigenvalue weighted by atomic mass is 79.9. The molecule has 1 aliphatic heterocycles. The Kier molecular flexibility index (Phi) is 4.72. The molecule has 2 rings (SSSR count). The molecule has 0 spiro atoms. The largest absolute Gasteiger partial charge is 0.386 e. The van der Waals surface area contributed by atoms with E-state index in [1.807, 2.05) is 0 Å². The van der Waals surface area contributed by atoms with Gasteiger partial charge in [0.05, 0.1) is 17.7 Å². The number of thioether (sulfide) groups is 1. The van der Waals surface area contributed by atoms with Gasteiger partial charge in [-0.15, -0.1) is 0 Å². The summed E-state index contributed by atoms with van der Waals surface area (Å²) in [7, 11) is 0. The van der Waals surface area contributed by atoms with Gasteiger partial charge in [0.2, 0.25) is 0 Å². The van der Waals surface area contributed by atoms with Crippen LogP contribution in [0.3, 0.4) is 0 Å². The average Bonchev–Trinajstić information content (AvgIpc) is 2.36. The van der Waals surface area contributed by atoms with Crippen molar-refractivity contribution in [2.45, 2.75) is 12.2 Å². The number of hydrogen-bond acceptors (Lipinski definition) is 3. The van der Waals surface area contributed by atoms with Gasteiger partial charge in [-0.3, -0.25) is 0 Å². The van der Waals surface area contributed by atoms with Crippen LogP contribution in [0.5, 0.6) is 0 Å². The first-order valence-electron chi connectivity index (χ1n) is 5.12. The van der Waals surface area contributed by atoms with E-state index < -0.39 is 11.9 Å². The summed E-state index contributed by atoms with van der Waals surface area (Å²) in [6.45, 7) is 0.582. The summed E-state index contributed by atoms with van der Waals surface area (Å²) in [5, 5.41) is 10.1. The second kappa shape index (κ2) is 5.89. The summed E-state index contributed by atoms with van der Waals surface area (Å²) in [5.41, 5.74) is 0.186. The van der Waals surface area contributed by atoms with Gasteiger partial charge in [-0.2, -0.15) is 11.8 Å². The van der Waals surface area contributed by atoms with Crippen molar-refractivity contribution in [3.63, 3.8) is 0 Å². The Labute approximate surface area is 117 Å². The van der Waals surface area contributed by atoms with Gasteiger partial charge < -0.3 is 9.84 Å². The molecule has 1 fully saturated rings. The highest BCUT2D eigenvalue weighted by Crippen LogP contribution is 2.33. The van der Waals surface area contributed by atoms with Crippen molar-refractivity contribution in [2.75, 3.05) is 18.1 Å². The van der Waals surface area contributed by atoms with Gasteiger partial charge >= 0.3 is 0 Å². The molecule has 0 radical (unpaired) electrons. The van der Waals surface area contributed by atoms with Crippen LogP contribution in [0, 0.1) is 5.82 Å². The summed E-state index contributed by atoms with van der Waals surface area (Å²) in [6.07, 6.45) is -1.35. The van der Waals surface area contributed by atoms with Crippen LogP contribution in [0.25, 0.3) is 0 Å². The van der Waals surface area contributed by atoms with Crippen molar-refractivity contribution in [3.05, 3.63) is 33.0 Å². The van der Waals surface area contributed by atoms with Gasteiger partial charge in [-0.1, -0.05) is 17.7 Å². The fourth-order valence-corrected chi connectivity index (χ4v) is 3.03. The standard InChI is InChI=1S/C11H11BrClFO2S/c12-7-2-1-6(10(14)9(7)13)11(15)8-5-17-4-3-16-8/h1-2,8,11,15H,3-5H2. The molecule has 1 aliphatic rings. The Balaban J connectivity index is 2.24. The average molecular weight is 342 g/mol. The summed E-state index contributed by atoms with van der Waals surface area (Å²) in [5.74, 6) is 0.980. The summed E-state index contributed by atoms with van der Waals surface area (Å²) in [6, 6.07) is 3.15. The smallest absolute Gasteiger partial charge is 0.148 e. The molecule has 2 atom stereocenters. The van der Waals surface area contributed by atoms with E-state index in [-0.39, 0.29) is 16.7 Å². The minimum Gasteiger partial charge on any atom is -0.386 e. The fourth-order valence-electron chi connectivity index (χ4n) is 1.66. The van der Waals surface area contributed by atoms with Gasteiger partial charge in [0, 0.05) is 21.5 Å². The molecule has 1 aromatic rings. The maximum Gasteiger partial charge on any atom is 0.148 e. The van der Waals surface area contributed by atoms with Crippen LogP contribution in [0.1, 0.15) is 11.7 Å². The number of halogens is 3. The Morgan fingerprint density at radius 1 is 1.59 bits per heavy atom. The topological polar surface area (TPSA) is 29.5 Å². The minimum absolute atomic E-state index is 0.00925. The first-order chi connectivity index (χ1) is 8.11. The highest BCUT2D eigenvalue weighted by Gasteiger charge is 2.27. The maximum atomic E-state index is 13.9. The molecule has 0 aliphatic carbocycles. The van der Waals surface area contributed by atoms with E-state index in [0.717, 1.165) is 5.75 Å². The lowest BCUT2D eigenvalue weighted by molar-refractivity contribution is -0.0241. The Bertz CT molecular complexity index is 413.